The van der Waals surface area contributed by atoms with Crippen LogP contribution in [0, 0.1) is 21.4 Å². The van der Waals surface area contributed by atoms with Gasteiger partial charge in [-0.05, 0) is 24.3 Å². The molecule has 1 N–H and O–H groups in total. The van der Waals surface area contributed by atoms with Gasteiger partial charge in [0, 0.05) is 41.0 Å². The molecular weight excluding hydrogens is 380 g/mol. The van der Waals surface area contributed by atoms with E-state index in [-0.39, 0.29) is 12.5 Å². The van der Waals surface area contributed by atoms with Gasteiger partial charge in [-0.3, -0.25) is 10.1 Å². The number of nitrogens with zero attached hydrogens (tertiary/aromatic N) is 3. The molecule has 2 heterocycles. The Kier molecular flexibility index (Phi) is 4.62. The SMILES string of the molecule is N#C/C(=C\Nc1ccc2c(c1)OCO2)c1nc(-c2ccc([N+](=O)[O-])cc2)cs1. The van der Waals surface area contributed by atoms with Crippen molar-refractivity contribution in [3.05, 3.63) is 69.2 Å². The lowest BCUT2D eigenvalue weighted by atomic mass is 10.1. The van der Waals surface area contributed by atoms with Crippen molar-refractivity contribution in [2.24, 2.45) is 0 Å². The largest absolute Gasteiger partial charge is 0.454 e. The van der Waals surface area contributed by atoms with Crippen molar-refractivity contribution in [3.63, 3.8) is 0 Å². The molecule has 1 aliphatic heterocycles. The zero-order valence-electron chi connectivity index (χ0n) is 14.3. The highest BCUT2D eigenvalue weighted by molar-refractivity contribution is 7.11. The average Bonchev–Trinajstić information content (AvgIpc) is 3.38. The van der Waals surface area contributed by atoms with Crippen molar-refractivity contribution >= 4 is 28.3 Å². The summed E-state index contributed by atoms with van der Waals surface area (Å²) in [5.41, 5.74) is 2.54. The van der Waals surface area contributed by atoms with Gasteiger partial charge in [0.05, 0.1) is 10.6 Å². The molecule has 3 aromatic rings. The van der Waals surface area contributed by atoms with E-state index < -0.39 is 4.92 Å². The first-order valence-corrected chi connectivity index (χ1v) is 8.99. The summed E-state index contributed by atoms with van der Waals surface area (Å²) in [4.78, 5) is 14.8. The molecule has 8 nitrogen and oxygen atoms in total. The van der Waals surface area contributed by atoms with Crippen LogP contribution < -0.4 is 14.8 Å². The zero-order chi connectivity index (χ0) is 19.5. The first-order valence-electron chi connectivity index (χ1n) is 8.11. The second-order valence-corrected chi connectivity index (χ2v) is 6.58. The molecule has 0 amide bonds. The highest BCUT2D eigenvalue weighted by Crippen LogP contribution is 2.34. The van der Waals surface area contributed by atoms with E-state index in [1.807, 2.05) is 11.4 Å². The molecule has 0 saturated carbocycles. The number of non-ortho nitro benzene ring substituents is 1. The van der Waals surface area contributed by atoms with Crippen molar-refractivity contribution < 1.29 is 14.4 Å². The summed E-state index contributed by atoms with van der Waals surface area (Å²) in [6.45, 7) is 0.197. The number of thiazole rings is 1. The molecule has 0 aliphatic carbocycles. The number of aromatic nitrogens is 1. The summed E-state index contributed by atoms with van der Waals surface area (Å²) in [5.74, 6) is 1.33. The van der Waals surface area contributed by atoms with Gasteiger partial charge in [-0.15, -0.1) is 11.3 Å². The molecule has 1 aliphatic rings. The standard InChI is InChI=1S/C19H12N4O4S/c20-8-13(9-21-14-3-6-17-18(7-14)27-11-26-17)19-22-16(10-28-19)12-1-4-15(5-2-12)23(24)25/h1-7,9-10,21H,11H2/b13-9+. The molecule has 0 atom stereocenters. The summed E-state index contributed by atoms with van der Waals surface area (Å²) >= 11 is 1.32. The number of anilines is 1. The Labute approximate surface area is 163 Å². The fourth-order valence-electron chi connectivity index (χ4n) is 2.57. The zero-order valence-corrected chi connectivity index (χ0v) is 15.1. The fourth-order valence-corrected chi connectivity index (χ4v) is 3.36. The van der Waals surface area contributed by atoms with Gasteiger partial charge in [0.15, 0.2) is 11.5 Å². The second kappa shape index (κ2) is 7.38. The lowest BCUT2D eigenvalue weighted by Gasteiger charge is -2.03. The molecule has 0 fully saturated rings. The summed E-state index contributed by atoms with van der Waals surface area (Å²) in [6, 6.07) is 13.7. The van der Waals surface area contributed by atoms with E-state index in [1.165, 1.54) is 23.5 Å². The number of nitro benzene ring substituents is 1. The van der Waals surface area contributed by atoms with Gasteiger partial charge in [-0.25, -0.2) is 4.98 Å². The van der Waals surface area contributed by atoms with Gasteiger partial charge in [-0.2, -0.15) is 5.26 Å². The predicted molar refractivity (Wildman–Crippen MR) is 104 cm³/mol. The maximum absolute atomic E-state index is 10.8. The third-order valence-corrected chi connectivity index (χ3v) is 4.86. The van der Waals surface area contributed by atoms with Crippen LogP contribution >= 0.6 is 11.3 Å². The number of nitriles is 1. The lowest BCUT2D eigenvalue weighted by molar-refractivity contribution is -0.384. The van der Waals surface area contributed by atoms with Crippen LogP contribution in [0.5, 0.6) is 11.5 Å². The van der Waals surface area contributed by atoms with Crippen LogP contribution in [-0.2, 0) is 0 Å². The first kappa shape index (κ1) is 17.5. The van der Waals surface area contributed by atoms with Crippen molar-refractivity contribution in [2.45, 2.75) is 0 Å². The van der Waals surface area contributed by atoms with Crippen LogP contribution in [-0.4, -0.2) is 16.7 Å². The minimum Gasteiger partial charge on any atom is -0.454 e. The molecular formula is C19H12N4O4S. The van der Waals surface area contributed by atoms with Crippen molar-refractivity contribution in [2.75, 3.05) is 12.1 Å². The van der Waals surface area contributed by atoms with Crippen LogP contribution in [0.25, 0.3) is 16.8 Å². The maximum atomic E-state index is 10.8. The predicted octanol–water partition coefficient (Wildman–Crippen LogP) is 4.42. The third kappa shape index (κ3) is 3.49. The van der Waals surface area contributed by atoms with E-state index in [0.29, 0.717) is 27.8 Å². The van der Waals surface area contributed by atoms with Gasteiger partial charge in [0.1, 0.15) is 16.6 Å². The minimum absolute atomic E-state index is 0.0183. The van der Waals surface area contributed by atoms with Crippen molar-refractivity contribution in [1.82, 2.24) is 4.98 Å². The Morgan fingerprint density at radius 1 is 1.25 bits per heavy atom. The molecule has 4 rings (SSSR count). The Morgan fingerprint density at radius 3 is 2.79 bits per heavy atom. The first-order chi connectivity index (χ1) is 13.6. The molecule has 138 valence electrons. The van der Waals surface area contributed by atoms with E-state index >= 15 is 0 Å². The number of allylic oxidation sites excluding steroid dienone is 1. The average molecular weight is 392 g/mol. The third-order valence-electron chi connectivity index (χ3n) is 3.98. The molecule has 9 heteroatoms. The van der Waals surface area contributed by atoms with E-state index in [2.05, 4.69) is 16.4 Å². The number of hydrogen-bond acceptors (Lipinski definition) is 8. The van der Waals surface area contributed by atoms with Crippen LogP contribution in [0.15, 0.2) is 54.0 Å². The molecule has 0 unspecified atom stereocenters. The Balaban J connectivity index is 1.53. The Morgan fingerprint density at radius 2 is 2.04 bits per heavy atom. The minimum atomic E-state index is -0.450. The highest BCUT2D eigenvalue weighted by Gasteiger charge is 2.14. The normalized spacial score (nSPS) is 12.5. The summed E-state index contributed by atoms with van der Waals surface area (Å²) < 4.78 is 10.6. The summed E-state index contributed by atoms with van der Waals surface area (Å²) in [5, 5.41) is 25.7. The number of nitro groups is 1. The maximum Gasteiger partial charge on any atom is 0.269 e. The van der Waals surface area contributed by atoms with Gasteiger partial charge >= 0.3 is 0 Å². The van der Waals surface area contributed by atoms with Gasteiger partial charge in [-0.1, -0.05) is 0 Å². The summed E-state index contributed by atoms with van der Waals surface area (Å²) in [7, 11) is 0. The Hall–Kier alpha value is -3.90. The second-order valence-electron chi connectivity index (χ2n) is 5.72. The molecule has 28 heavy (non-hydrogen) atoms. The number of rotatable bonds is 5. The number of hydrogen-bond donors (Lipinski definition) is 1. The fraction of sp³-hybridized carbons (Fsp3) is 0.0526. The van der Waals surface area contributed by atoms with Crippen LogP contribution in [0.3, 0.4) is 0 Å². The van der Waals surface area contributed by atoms with Crippen LogP contribution in [0.4, 0.5) is 11.4 Å². The van der Waals surface area contributed by atoms with Gasteiger partial charge < -0.3 is 14.8 Å². The molecule has 1 aromatic heterocycles. The lowest BCUT2D eigenvalue weighted by Crippen LogP contribution is -1.93. The Bertz CT molecular complexity index is 1120. The highest BCUT2D eigenvalue weighted by atomic mass is 32.1. The van der Waals surface area contributed by atoms with Crippen molar-refractivity contribution in [1.29, 1.82) is 5.26 Å². The number of ether oxygens (including phenoxy) is 2. The molecule has 0 spiro atoms. The van der Waals surface area contributed by atoms with Gasteiger partial charge in [0.2, 0.25) is 6.79 Å². The smallest absolute Gasteiger partial charge is 0.269 e. The number of benzene rings is 2. The molecule has 0 radical (unpaired) electrons. The van der Waals surface area contributed by atoms with E-state index in [1.54, 1.807) is 30.5 Å². The van der Waals surface area contributed by atoms with Gasteiger partial charge in [0.25, 0.3) is 5.69 Å². The number of fused-ring (bicyclic) bond motifs is 1. The van der Waals surface area contributed by atoms with E-state index in [4.69, 9.17) is 9.47 Å². The molecule has 2 aromatic carbocycles. The monoisotopic (exact) mass is 392 g/mol. The van der Waals surface area contributed by atoms with Crippen LogP contribution in [0.1, 0.15) is 5.01 Å². The van der Waals surface area contributed by atoms with Crippen molar-refractivity contribution in [3.8, 4) is 28.8 Å². The molecule has 0 saturated heterocycles. The quantitative estimate of drug-likeness (QED) is 0.389. The summed E-state index contributed by atoms with van der Waals surface area (Å²) in [6.07, 6.45) is 1.58. The number of nitrogens with one attached hydrogen (secondary N) is 1. The topological polar surface area (TPSA) is 110 Å². The van der Waals surface area contributed by atoms with E-state index in [9.17, 15) is 15.4 Å². The van der Waals surface area contributed by atoms with Crippen LogP contribution in [0.2, 0.25) is 0 Å². The molecule has 0 bridgehead atoms. The van der Waals surface area contributed by atoms with E-state index in [0.717, 1.165) is 11.3 Å².